The highest BCUT2D eigenvalue weighted by Crippen LogP contribution is 2.16. The normalized spacial score (nSPS) is 18.5. The molecule has 1 fully saturated rings. The molecule has 2 rings (SSSR count). The summed E-state index contributed by atoms with van der Waals surface area (Å²) in [6.07, 6.45) is 2.90. The molecule has 0 radical (unpaired) electrons. The van der Waals surface area contributed by atoms with E-state index in [0.717, 1.165) is 25.1 Å². The van der Waals surface area contributed by atoms with Gasteiger partial charge in [-0.05, 0) is 32.8 Å². The third kappa shape index (κ3) is 2.87. The van der Waals surface area contributed by atoms with E-state index in [-0.39, 0.29) is 17.2 Å². The van der Waals surface area contributed by atoms with Crippen LogP contribution in [0.1, 0.15) is 35.8 Å². The molecule has 0 unspecified atom stereocenters. The van der Waals surface area contributed by atoms with Crippen molar-refractivity contribution in [2.45, 2.75) is 39.3 Å². The van der Waals surface area contributed by atoms with Gasteiger partial charge in [0.25, 0.3) is 5.56 Å². The average Bonchev–Trinajstić information content (AvgIpc) is 2.89. The number of hydrogen-bond acceptors (Lipinski definition) is 4. The van der Waals surface area contributed by atoms with Crippen LogP contribution in [0, 0.1) is 6.92 Å². The van der Waals surface area contributed by atoms with Crippen molar-refractivity contribution in [3.05, 3.63) is 27.7 Å². The molecule has 1 N–H and O–H groups in total. The van der Waals surface area contributed by atoms with E-state index >= 15 is 0 Å². The summed E-state index contributed by atoms with van der Waals surface area (Å²) in [5.41, 5.74) is 1.43. The summed E-state index contributed by atoms with van der Waals surface area (Å²) in [5.74, 6) is 0. The summed E-state index contributed by atoms with van der Waals surface area (Å²) in [6.45, 7) is 5.76. The highest BCUT2D eigenvalue weighted by Gasteiger charge is 2.17. The van der Waals surface area contributed by atoms with Crippen LogP contribution in [0.2, 0.25) is 0 Å². The van der Waals surface area contributed by atoms with Crippen molar-refractivity contribution in [2.75, 3.05) is 18.5 Å². The van der Waals surface area contributed by atoms with Gasteiger partial charge in [-0.3, -0.25) is 9.59 Å². The van der Waals surface area contributed by atoms with Crippen LogP contribution in [-0.2, 0) is 11.3 Å². The summed E-state index contributed by atoms with van der Waals surface area (Å²) in [6, 6.07) is 1.85. The lowest BCUT2D eigenvalue weighted by Gasteiger charge is -2.16. The summed E-state index contributed by atoms with van der Waals surface area (Å²) < 4.78 is 7.12. The number of aldehydes is 1. The monoisotopic (exact) mass is 264 g/mol. The number of hydrogen-bond donors (Lipinski definition) is 1. The van der Waals surface area contributed by atoms with E-state index < -0.39 is 0 Å². The number of nitrogens with one attached hydrogen (secondary N) is 1. The maximum Gasteiger partial charge on any atom is 0.263 e. The highest BCUT2D eigenvalue weighted by molar-refractivity contribution is 5.83. The number of nitrogens with zero attached hydrogens (tertiary/aromatic N) is 1. The molecule has 0 bridgehead atoms. The van der Waals surface area contributed by atoms with E-state index in [4.69, 9.17) is 4.74 Å². The molecule has 1 aliphatic heterocycles. The van der Waals surface area contributed by atoms with Crippen molar-refractivity contribution in [1.29, 1.82) is 0 Å². The van der Waals surface area contributed by atoms with Crippen LogP contribution in [0.25, 0.3) is 0 Å². The van der Waals surface area contributed by atoms with Crippen LogP contribution in [0.3, 0.4) is 0 Å². The van der Waals surface area contributed by atoms with E-state index in [1.165, 1.54) is 0 Å². The summed E-state index contributed by atoms with van der Waals surface area (Å²) in [7, 11) is 0. The van der Waals surface area contributed by atoms with Gasteiger partial charge in [-0.2, -0.15) is 0 Å². The lowest BCUT2D eigenvalue weighted by atomic mass is 10.2. The number of pyridine rings is 1. The highest BCUT2D eigenvalue weighted by atomic mass is 16.5. The van der Waals surface area contributed by atoms with Gasteiger partial charge in [0.2, 0.25) is 0 Å². The van der Waals surface area contributed by atoms with Gasteiger partial charge in [0.1, 0.15) is 5.56 Å². The Hall–Kier alpha value is -1.62. The Morgan fingerprint density at radius 3 is 2.95 bits per heavy atom. The molecule has 5 nitrogen and oxygen atoms in total. The topological polar surface area (TPSA) is 60.3 Å². The number of carbonyl (C=O) groups is 1. The van der Waals surface area contributed by atoms with E-state index in [1.54, 1.807) is 4.57 Å². The number of rotatable bonds is 5. The molecule has 0 aliphatic carbocycles. The Morgan fingerprint density at radius 2 is 2.37 bits per heavy atom. The number of ether oxygens (including phenoxy) is 1. The van der Waals surface area contributed by atoms with Crippen molar-refractivity contribution in [2.24, 2.45) is 0 Å². The van der Waals surface area contributed by atoms with Gasteiger partial charge >= 0.3 is 0 Å². The fourth-order valence-electron chi connectivity index (χ4n) is 2.47. The predicted molar refractivity (Wildman–Crippen MR) is 74.0 cm³/mol. The first-order valence-corrected chi connectivity index (χ1v) is 6.72. The second-order valence-electron chi connectivity index (χ2n) is 4.80. The second-order valence-corrected chi connectivity index (χ2v) is 4.80. The maximum absolute atomic E-state index is 12.1. The summed E-state index contributed by atoms with van der Waals surface area (Å²) >= 11 is 0. The van der Waals surface area contributed by atoms with Crippen molar-refractivity contribution in [1.82, 2.24) is 4.57 Å². The lowest BCUT2D eigenvalue weighted by Crippen LogP contribution is -2.28. The molecule has 0 aromatic carbocycles. The van der Waals surface area contributed by atoms with Gasteiger partial charge in [0.15, 0.2) is 6.29 Å². The molecule has 1 saturated heterocycles. The van der Waals surface area contributed by atoms with Crippen LogP contribution in [0.15, 0.2) is 10.9 Å². The number of carbonyl (C=O) groups excluding carboxylic acids is 1. The molecular weight excluding hydrogens is 244 g/mol. The number of aryl methyl sites for hydroxylation is 1. The quantitative estimate of drug-likeness (QED) is 0.820. The van der Waals surface area contributed by atoms with E-state index in [1.807, 2.05) is 19.9 Å². The Balaban J connectivity index is 2.23. The Bertz CT molecular complexity index is 516. The third-order valence-corrected chi connectivity index (χ3v) is 3.52. The van der Waals surface area contributed by atoms with Crippen LogP contribution < -0.4 is 10.9 Å². The van der Waals surface area contributed by atoms with Crippen molar-refractivity contribution < 1.29 is 9.53 Å². The summed E-state index contributed by atoms with van der Waals surface area (Å²) in [5, 5.41) is 3.17. The molecule has 0 amide bonds. The zero-order valence-corrected chi connectivity index (χ0v) is 11.4. The molecule has 1 aromatic heterocycles. The van der Waals surface area contributed by atoms with Gasteiger partial charge in [0, 0.05) is 25.4 Å². The van der Waals surface area contributed by atoms with Crippen LogP contribution in [0.4, 0.5) is 5.69 Å². The van der Waals surface area contributed by atoms with Gasteiger partial charge in [-0.25, -0.2) is 0 Å². The number of aromatic nitrogens is 1. The van der Waals surface area contributed by atoms with Crippen molar-refractivity contribution in [3.8, 4) is 0 Å². The van der Waals surface area contributed by atoms with Gasteiger partial charge in [-0.15, -0.1) is 0 Å². The molecule has 2 heterocycles. The second kappa shape index (κ2) is 6.02. The molecule has 1 aliphatic rings. The minimum atomic E-state index is -0.229. The van der Waals surface area contributed by atoms with Crippen LogP contribution in [-0.4, -0.2) is 30.1 Å². The SMILES string of the molecule is CCn1c(C)cc(NC[C@H]2CCCO2)c(C=O)c1=O. The van der Waals surface area contributed by atoms with Crippen molar-refractivity contribution in [3.63, 3.8) is 0 Å². The maximum atomic E-state index is 12.1. The Morgan fingerprint density at radius 1 is 1.58 bits per heavy atom. The zero-order chi connectivity index (χ0) is 13.8. The van der Waals surface area contributed by atoms with Gasteiger partial charge in [-0.1, -0.05) is 0 Å². The first-order valence-electron chi connectivity index (χ1n) is 6.72. The molecule has 0 spiro atoms. The Labute approximate surface area is 112 Å². The first-order chi connectivity index (χ1) is 9.17. The van der Waals surface area contributed by atoms with E-state index in [2.05, 4.69) is 5.32 Å². The average molecular weight is 264 g/mol. The first kappa shape index (κ1) is 13.8. The van der Waals surface area contributed by atoms with Crippen LogP contribution >= 0.6 is 0 Å². The third-order valence-electron chi connectivity index (χ3n) is 3.52. The molecular formula is C14H20N2O3. The zero-order valence-electron chi connectivity index (χ0n) is 11.4. The van der Waals surface area contributed by atoms with Gasteiger partial charge in [0.05, 0.1) is 11.8 Å². The lowest BCUT2D eigenvalue weighted by molar-refractivity contribution is 0.112. The molecule has 19 heavy (non-hydrogen) atoms. The van der Waals surface area contributed by atoms with Crippen molar-refractivity contribution >= 4 is 12.0 Å². The van der Waals surface area contributed by atoms with Crippen LogP contribution in [0.5, 0.6) is 0 Å². The minimum Gasteiger partial charge on any atom is -0.382 e. The standard InChI is InChI=1S/C14H20N2O3/c1-3-16-10(2)7-13(12(9-17)14(16)18)15-8-11-5-4-6-19-11/h7,9,11,15H,3-6,8H2,1-2H3/t11-/m1/s1. The molecule has 1 atom stereocenters. The number of anilines is 1. The molecule has 104 valence electrons. The largest absolute Gasteiger partial charge is 0.382 e. The minimum absolute atomic E-state index is 0.174. The molecule has 0 saturated carbocycles. The predicted octanol–water partition coefficient (Wildman–Crippen LogP) is 1.58. The Kier molecular flexibility index (Phi) is 4.37. The fraction of sp³-hybridized carbons (Fsp3) is 0.571. The summed E-state index contributed by atoms with van der Waals surface area (Å²) in [4.78, 5) is 23.3. The van der Waals surface area contributed by atoms with Gasteiger partial charge < -0.3 is 14.6 Å². The molecule has 5 heteroatoms. The van der Waals surface area contributed by atoms with E-state index in [0.29, 0.717) is 25.1 Å². The molecule has 1 aromatic rings. The smallest absolute Gasteiger partial charge is 0.263 e. The van der Waals surface area contributed by atoms with E-state index in [9.17, 15) is 9.59 Å². The fourth-order valence-corrected chi connectivity index (χ4v) is 2.47.